The van der Waals surface area contributed by atoms with E-state index in [4.69, 9.17) is 0 Å². The molecular formula is C16H31N3O2. The van der Waals surface area contributed by atoms with Crippen molar-refractivity contribution in [2.24, 2.45) is 0 Å². The summed E-state index contributed by atoms with van der Waals surface area (Å²) in [5.74, 6) is 0. The Morgan fingerprint density at radius 1 is 1.43 bits per heavy atom. The van der Waals surface area contributed by atoms with Crippen molar-refractivity contribution in [2.45, 2.75) is 58.0 Å². The van der Waals surface area contributed by atoms with Crippen LogP contribution in [-0.4, -0.2) is 53.9 Å². The molecule has 0 aromatic heterocycles. The fourth-order valence-electron chi connectivity index (χ4n) is 2.85. The summed E-state index contributed by atoms with van der Waals surface area (Å²) in [5, 5.41) is 15.4. The minimum Gasteiger partial charge on any atom is -0.394 e. The van der Waals surface area contributed by atoms with Crippen molar-refractivity contribution < 1.29 is 9.90 Å². The molecule has 5 nitrogen and oxygen atoms in total. The van der Waals surface area contributed by atoms with Gasteiger partial charge in [-0.15, -0.1) is 0 Å². The molecule has 0 spiro atoms. The number of carbonyl (C=O) groups is 1. The summed E-state index contributed by atoms with van der Waals surface area (Å²) in [7, 11) is 0. The van der Waals surface area contributed by atoms with E-state index in [2.05, 4.69) is 22.1 Å². The van der Waals surface area contributed by atoms with Crippen molar-refractivity contribution in [3.63, 3.8) is 0 Å². The summed E-state index contributed by atoms with van der Waals surface area (Å²) in [6.45, 7) is 12.8. The molecule has 21 heavy (non-hydrogen) atoms. The lowest BCUT2D eigenvalue weighted by Gasteiger charge is -2.34. The van der Waals surface area contributed by atoms with E-state index in [0.29, 0.717) is 0 Å². The molecular weight excluding hydrogens is 266 g/mol. The number of hydrogen-bond donors (Lipinski definition) is 3. The lowest BCUT2D eigenvalue weighted by atomic mass is 9.97. The zero-order valence-corrected chi connectivity index (χ0v) is 13.7. The molecule has 2 amide bonds. The second kappa shape index (κ2) is 8.39. The molecule has 0 aliphatic carbocycles. The van der Waals surface area contributed by atoms with E-state index in [1.165, 1.54) is 5.57 Å². The standard InChI is InChI=1S/C16H31N3O2/c1-5-8-16(4,12-20)18-15(21)17-14-6-9-19(10-7-14)11-13(2)3/h14,20H,2,5-12H2,1,3-4H3,(H2,17,18,21). The minimum absolute atomic E-state index is 0.0364. The van der Waals surface area contributed by atoms with Gasteiger partial charge in [-0.3, -0.25) is 4.90 Å². The smallest absolute Gasteiger partial charge is 0.315 e. The van der Waals surface area contributed by atoms with Crippen LogP contribution in [0, 0.1) is 0 Å². The van der Waals surface area contributed by atoms with Crippen LogP contribution in [0.15, 0.2) is 12.2 Å². The Morgan fingerprint density at radius 3 is 2.52 bits per heavy atom. The summed E-state index contributed by atoms with van der Waals surface area (Å²) >= 11 is 0. The quantitative estimate of drug-likeness (QED) is 0.629. The van der Waals surface area contributed by atoms with Crippen molar-refractivity contribution >= 4 is 6.03 Å². The zero-order chi connectivity index (χ0) is 15.9. The van der Waals surface area contributed by atoms with Gasteiger partial charge in [0.15, 0.2) is 0 Å². The average molecular weight is 297 g/mol. The molecule has 1 aliphatic heterocycles. The van der Waals surface area contributed by atoms with Crippen molar-refractivity contribution in [3.05, 3.63) is 12.2 Å². The third-order valence-electron chi connectivity index (χ3n) is 3.98. The summed E-state index contributed by atoms with van der Waals surface area (Å²) in [6.07, 6.45) is 3.62. The molecule has 1 unspecified atom stereocenters. The molecule has 5 heteroatoms. The fraction of sp³-hybridized carbons (Fsp3) is 0.812. The highest BCUT2D eigenvalue weighted by Gasteiger charge is 2.26. The SMILES string of the molecule is C=C(C)CN1CCC(NC(=O)NC(C)(CO)CCC)CC1. The average Bonchev–Trinajstić information content (AvgIpc) is 2.40. The molecule has 0 aromatic carbocycles. The normalized spacial score (nSPS) is 19.8. The first-order chi connectivity index (χ1) is 9.88. The van der Waals surface area contributed by atoms with Gasteiger partial charge in [0.25, 0.3) is 0 Å². The topological polar surface area (TPSA) is 64.6 Å². The number of nitrogens with one attached hydrogen (secondary N) is 2. The van der Waals surface area contributed by atoms with Crippen LogP contribution in [0.25, 0.3) is 0 Å². The molecule has 1 aliphatic rings. The van der Waals surface area contributed by atoms with Crippen molar-refractivity contribution in [2.75, 3.05) is 26.2 Å². The Hall–Kier alpha value is -1.07. The van der Waals surface area contributed by atoms with Gasteiger partial charge in [0.2, 0.25) is 0 Å². The zero-order valence-electron chi connectivity index (χ0n) is 13.7. The number of aliphatic hydroxyl groups is 1. The number of nitrogens with zero attached hydrogens (tertiary/aromatic N) is 1. The van der Waals surface area contributed by atoms with Gasteiger partial charge in [-0.1, -0.05) is 25.5 Å². The molecule has 0 aromatic rings. The largest absolute Gasteiger partial charge is 0.394 e. The molecule has 1 saturated heterocycles. The highest BCUT2D eigenvalue weighted by molar-refractivity contribution is 5.75. The fourth-order valence-corrected chi connectivity index (χ4v) is 2.85. The number of hydrogen-bond acceptors (Lipinski definition) is 3. The van der Waals surface area contributed by atoms with Gasteiger partial charge in [-0.2, -0.15) is 0 Å². The van der Waals surface area contributed by atoms with E-state index in [-0.39, 0.29) is 18.7 Å². The van der Waals surface area contributed by atoms with Crippen LogP contribution in [0.5, 0.6) is 0 Å². The number of rotatable bonds is 7. The van der Waals surface area contributed by atoms with Gasteiger partial charge in [0, 0.05) is 25.7 Å². The maximum Gasteiger partial charge on any atom is 0.315 e. The maximum absolute atomic E-state index is 12.1. The summed E-state index contributed by atoms with van der Waals surface area (Å²) < 4.78 is 0. The van der Waals surface area contributed by atoms with Gasteiger partial charge in [0.05, 0.1) is 12.1 Å². The van der Waals surface area contributed by atoms with E-state index >= 15 is 0 Å². The number of amides is 2. The highest BCUT2D eigenvalue weighted by atomic mass is 16.3. The van der Waals surface area contributed by atoms with E-state index in [1.54, 1.807) is 0 Å². The third kappa shape index (κ3) is 6.48. The summed E-state index contributed by atoms with van der Waals surface area (Å²) in [4.78, 5) is 14.4. The van der Waals surface area contributed by atoms with Crippen LogP contribution >= 0.6 is 0 Å². The number of likely N-dealkylation sites (tertiary alicyclic amines) is 1. The van der Waals surface area contributed by atoms with E-state index in [0.717, 1.165) is 45.3 Å². The molecule has 0 saturated carbocycles. The molecule has 1 fully saturated rings. The minimum atomic E-state index is -0.528. The first-order valence-electron chi connectivity index (χ1n) is 7.95. The number of urea groups is 1. The first kappa shape index (κ1) is 18.0. The predicted octanol–water partition coefficient (Wildman–Crippen LogP) is 1.88. The van der Waals surface area contributed by atoms with Crippen molar-refractivity contribution in [3.8, 4) is 0 Å². The van der Waals surface area contributed by atoms with Gasteiger partial charge < -0.3 is 15.7 Å². The Bertz CT molecular complexity index is 351. The Balaban J connectivity index is 2.34. The summed E-state index contributed by atoms with van der Waals surface area (Å²) in [6, 6.07) is 0.0503. The Labute approximate surface area is 128 Å². The molecule has 1 atom stereocenters. The third-order valence-corrected chi connectivity index (χ3v) is 3.98. The lowest BCUT2D eigenvalue weighted by Crippen LogP contribution is -2.55. The van der Waals surface area contributed by atoms with E-state index < -0.39 is 5.54 Å². The lowest BCUT2D eigenvalue weighted by molar-refractivity contribution is 0.157. The molecule has 122 valence electrons. The van der Waals surface area contributed by atoms with Crippen molar-refractivity contribution in [1.82, 2.24) is 15.5 Å². The van der Waals surface area contributed by atoms with Gasteiger partial charge in [0.1, 0.15) is 0 Å². The van der Waals surface area contributed by atoms with Crippen LogP contribution in [-0.2, 0) is 0 Å². The van der Waals surface area contributed by atoms with E-state index in [1.807, 2.05) is 20.8 Å². The maximum atomic E-state index is 12.1. The molecule has 0 bridgehead atoms. The van der Waals surface area contributed by atoms with Gasteiger partial charge >= 0.3 is 6.03 Å². The van der Waals surface area contributed by atoms with Gasteiger partial charge in [-0.05, 0) is 33.1 Å². The van der Waals surface area contributed by atoms with Crippen LogP contribution in [0.3, 0.4) is 0 Å². The van der Waals surface area contributed by atoms with Crippen LogP contribution in [0.2, 0.25) is 0 Å². The predicted molar refractivity (Wildman–Crippen MR) is 86.3 cm³/mol. The monoisotopic (exact) mass is 297 g/mol. The highest BCUT2D eigenvalue weighted by Crippen LogP contribution is 2.13. The molecule has 1 rings (SSSR count). The Morgan fingerprint density at radius 2 is 2.05 bits per heavy atom. The van der Waals surface area contributed by atoms with E-state index in [9.17, 15) is 9.90 Å². The van der Waals surface area contributed by atoms with Crippen LogP contribution in [0.4, 0.5) is 4.79 Å². The molecule has 3 N–H and O–H groups in total. The number of carbonyl (C=O) groups excluding carboxylic acids is 1. The van der Waals surface area contributed by atoms with Gasteiger partial charge in [-0.25, -0.2) is 4.79 Å². The van der Waals surface area contributed by atoms with Crippen LogP contribution < -0.4 is 10.6 Å². The second-order valence-corrected chi connectivity index (χ2v) is 6.57. The summed E-state index contributed by atoms with van der Waals surface area (Å²) in [5.41, 5.74) is 0.650. The number of aliphatic hydroxyl groups excluding tert-OH is 1. The van der Waals surface area contributed by atoms with Crippen molar-refractivity contribution in [1.29, 1.82) is 0 Å². The van der Waals surface area contributed by atoms with Crippen LogP contribution in [0.1, 0.15) is 46.5 Å². The molecule has 0 radical (unpaired) electrons. The molecule has 1 heterocycles. The first-order valence-corrected chi connectivity index (χ1v) is 7.95. The Kier molecular flexibility index (Phi) is 7.18. The second-order valence-electron chi connectivity index (χ2n) is 6.57. The number of piperidine rings is 1.